The van der Waals surface area contributed by atoms with Crippen molar-refractivity contribution in [3.05, 3.63) is 78.4 Å². The van der Waals surface area contributed by atoms with E-state index in [1.807, 2.05) is 47.2 Å². The molecule has 1 aromatic carbocycles. The van der Waals surface area contributed by atoms with E-state index in [9.17, 15) is 5.11 Å². The van der Waals surface area contributed by atoms with Crippen molar-refractivity contribution in [2.24, 2.45) is 0 Å². The fourth-order valence-electron chi connectivity index (χ4n) is 2.82. The molecule has 0 radical (unpaired) electrons. The predicted octanol–water partition coefficient (Wildman–Crippen LogP) is 2.48. The minimum Gasteiger partial charge on any atom is -0.384 e. The fraction of sp³-hybridized carbons (Fsp3) is 0.0556. The van der Waals surface area contributed by atoms with Crippen molar-refractivity contribution in [1.82, 2.24) is 19.5 Å². The molecule has 6 heteroatoms. The summed E-state index contributed by atoms with van der Waals surface area (Å²) in [5.41, 5.74) is 8.18. The molecule has 24 heavy (non-hydrogen) atoms. The maximum absolute atomic E-state index is 10.8. The smallest absolute Gasteiger partial charge is 0.221 e. The van der Waals surface area contributed by atoms with Crippen molar-refractivity contribution in [2.45, 2.75) is 6.10 Å². The van der Waals surface area contributed by atoms with E-state index in [0.717, 1.165) is 22.0 Å². The van der Waals surface area contributed by atoms with E-state index in [4.69, 9.17) is 5.73 Å². The number of hydrogen-bond acceptors (Lipinski definition) is 5. The Balaban J connectivity index is 1.92. The van der Waals surface area contributed by atoms with Gasteiger partial charge >= 0.3 is 0 Å². The van der Waals surface area contributed by atoms with Crippen LogP contribution >= 0.6 is 0 Å². The van der Waals surface area contributed by atoms with Crippen LogP contribution in [0.2, 0.25) is 0 Å². The number of pyridine rings is 1. The van der Waals surface area contributed by atoms with Gasteiger partial charge in [-0.05, 0) is 17.7 Å². The number of aromatic nitrogens is 4. The van der Waals surface area contributed by atoms with Gasteiger partial charge in [0.25, 0.3) is 0 Å². The third-order valence-electron chi connectivity index (χ3n) is 3.95. The first-order valence-corrected chi connectivity index (χ1v) is 7.51. The van der Waals surface area contributed by atoms with Crippen molar-refractivity contribution in [3.8, 4) is 5.82 Å². The Morgan fingerprint density at radius 1 is 1.04 bits per heavy atom. The van der Waals surface area contributed by atoms with E-state index in [2.05, 4.69) is 15.0 Å². The lowest BCUT2D eigenvalue weighted by Gasteiger charge is -2.09. The summed E-state index contributed by atoms with van der Waals surface area (Å²) in [6.45, 7) is 0. The van der Waals surface area contributed by atoms with Crippen LogP contribution in [0.5, 0.6) is 0 Å². The quantitative estimate of drug-likeness (QED) is 0.606. The summed E-state index contributed by atoms with van der Waals surface area (Å²) >= 11 is 0. The zero-order valence-electron chi connectivity index (χ0n) is 12.7. The standard InChI is InChI=1S/C18H15N5O/c19-18-21-9-7-16(22-18)23-11-14(13-10-20-8-6-15(13)23)17(24)12-4-2-1-3-5-12/h1-11,17,24H,(H2,19,21,22). The number of nitrogen functional groups attached to an aromatic ring is 1. The second kappa shape index (κ2) is 5.75. The topological polar surface area (TPSA) is 89.8 Å². The zero-order chi connectivity index (χ0) is 16.5. The molecule has 0 saturated carbocycles. The van der Waals surface area contributed by atoms with Gasteiger partial charge in [0.15, 0.2) is 0 Å². The maximum Gasteiger partial charge on any atom is 0.221 e. The molecule has 0 aliphatic heterocycles. The number of hydrogen-bond donors (Lipinski definition) is 2. The molecule has 0 aliphatic carbocycles. The first-order chi connectivity index (χ1) is 11.7. The van der Waals surface area contributed by atoms with Gasteiger partial charge in [0.2, 0.25) is 5.95 Å². The van der Waals surface area contributed by atoms with Crippen LogP contribution in [0.4, 0.5) is 5.95 Å². The minimum absolute atomic E-state index is 0.202. The van der Waals surface area contributed by atoms with E-state index in [1.54, 1.807) is 24.7 Å². The van der Waals surface area contributed by atoms with E-state index in [1.165, 1.54) is 0 Å². The van der Waals surface area contributed by atoms with Gasteiger partial charge < -0.3 is 15.4 Å². The summed E-state index contributed by atoms with van der Waals surface area (Å²) in [6.07, 6.45) is 6.18. The third kappa shape index (κ3) is 2.39. The Hall–Kier alpha value is -3.25. The second-order valence-corrected chi connectivity index (χ2v) is 5.43. The molecule has 6 nitrogen and oxygen atoms in total. The van der Waals surface area contributed by atoms with Gasteiger partial charge in [-0.25, -0.2) is 4.98 Å². The van der Waals surface area contributed by atoms with Crippen LogP contribution in [-0.4, -0.2) is 24.6 Å². The van der Waals surface area contributed by atoms with Gasteiger partial charge in [0.05, 0.1) is 5.52 Å². The fourth-order valence-corrected chi connectivity index (χ4v) is 2.82. The van der Waals surface area contributed by atoms with E-state index in [-0.39, 0.29) is 5.95 Å². The van der Waals surface area contributed by atoms with E-state index >= 15 is 0 Å². The van der Waals surface area contributed by atoms with Gasteiger partial charge in [-0.15, -0.1) is 0 Å². The number of aliphatic hydroxyl groups is 1. The summed E-state index contributed by atoms with van der Waals surface area (Å²) in [6, 6.07) is 13.2. The van der Waals surface area contributed by atoms with Crippen molar-refractivity contribution < 1.29 is 5.11 Å². The van der Waals surface area contributed by atoms with Crippen LogP contribution in [0.15, 0.2) is 67.3 Å². The molecule has 0 amide bonds. The Labute approximate surface area is 138 Å². The summed E-state index contributed by atoms with van der Waals surface area (Å²) < 4.78 is 1.89. The van der Waals surface area contributed by atoms with Gasteiger partial charge in [-0.3, -0.25) is 4.98 Å². The molecule has 1 atom stereocenters. The SMILES string of the molecule is Nc1nccc(-n2cc(C(O)c3ccccc3)c3cnccc32)n1. The average Bonchev–Trinajstić information content (AvgIpc) is 3.01. The third-order valence-corrected chi connectivity index (χ3v) is 3.95. The summed E-state index contributed by atoms with van der Waals surface area (Å²) in [5, 5.41) is 11.7. The molecule has 0 spiro atoms. The molecule has 3 aromatic heterocycles. The normalized spacial score (nSPS) is 12.4. The second-order valence-electron chi connectivity index (χ2n) is 5.43. The highest BCUT2D eigenvalue weighted by molar-refractivity contribution is 5.85. The Bertz CT molecular complexity index is 997. The Morgan fingerprint density at radius 3 is 2.67 bits per heavy atom. The molecule has 0 fully saturated rings. The molecular weight excluding hydrogens is 302 g/mol. The van der Waals surface area contributed by atoms with Crippen molar-refractivity contribution in [1.29, 1.82) is 0 Å². The van der Waals surface area contributed by atoms with Gasteiger partial charge in [0, 0.05) is 35.7 Å². The lowest BCUT2D eigenvalue weighted by Crippen LogP contribution is -2.01. The van der Waals surface area contributed by atoms with Crippen LogP contribution in [0.3, 0.4) is 0 Å². The van der Waals surface area contributed by atoms with Gasteiger partial charge in [-0.1, -0.05) is 30.3 Å². The molecule has 0 bridgehead atoms. The largest absolute Gasteiger partial charge is 0.384 e. The molecule has 3 N–H and O–H groups in total. The Kier molecular flexibility index (Phi) is 3.44. The molecular formula is C18H15N5O. The molecule has 4 rings (SSSR count). The lowest BCUT2D eigenvalue weighted by molar-refractivity contribution is 0.221. The molecule has 0 aliphatic rings. The molecule has 4 aromatic rings. The first kappa shape index (κ1) is 14.3. The van der Waals surface area contributed by atoms with Crippen LogP contribution < -0.4 is 5.73 Å². The summed E-state index contributed by atoms with van der Waals surface area (Å²) in [4.78, 5) is 12.4. The van der Waals surface area contributed by atoms with Crippen LogP contribution in [-0.2, 0) is 0 Å². The number of rotatable bonds is 3. The molecule has 3 heterocycles. The molecule has 1 unspecified atom stereocenters. The molecule has 0 saturated heterocycles. The number of benzene rings is 1. The zero-order valence-corrected chi connectivity index (χ0v) is 12.7. The number of nitrogens with zero attached hydrogens (tertiary/aromatic N) is 4. The highest BCUT2D eigenvalue weighted by atomic mass is 16.3. The number of fused-ring (bicyclic) bond motifs is 1. The number of nitrogens with two attached hydrogens (primary N) is 1. The monoisotopic (exact) mass is 317 g/mol. The number of anilines is 1. The van der Waals surface area contributed by atoms with Crippen molar-refractivity contribution in [2.75, 3.05) is 5.73 Å². The van der Waals surface area contributed by atoms with Crippen molar-refractivity contribution in [3.63, 3.8) is 0 Å². The highest BCUT2D eigenvalue weighted by Crippen LogP contribution is 2.31. The summed E-state index contributed by atoms with van der Waals surface area (Å²) in [5.74, 6) is 0.846. The Morgan fingerprint density at radius 2 is 1.88 bits per heavy atom. The van der Waals surface area contributed by atoms with Crippen LogP contribution in [0.1, 0.15) is 17.2 Å². The van der Waals surface area contributed by atoms with Gasteiger partial charge in [-0.2, -0.15) is 4.98 Å². The van der Waals surface area contributed by atoms with Crippen LogP contribution in [0.25, 0.3) is 16.7 Å². The van der Waals surface area contributed by atoms with E-state index < -0.39 is 6.10 Å². The van der Waals surface area contributed by atoms with E-state index in [0.29, 0.717) is 5.82 Å². The minimum atomic E-state index is -0.752. The predicted molar refractivity (Wildman–Crippen MR) is 91.6 cm³/mol. The highest BCUT2D eigenvalue weighted by Gasteiger charge is 2.18. The molecule has 118 valence electrons. The van der Waals surface area contributed by atoms with Crippen LogP contribution in [0, 0.1) is 0 Å². The lowest BCUT2D eigenvalue weighted by atomic mass is 10.0. The van der Waals surface area contributed by atoms with Crippen molar-refractivity contribution >= 4 is 16.9 Å². The number of aliphatic hydroxyl groups excluding tert-OH is 1. The first-order valence-electron chi connectivity index (χ1n) is 7.51. The average molecular weight is 317 g/mol. The van der Waals surface area contributed by atoms with Gasteiger partial charge in [0.1, 0.15) is 11.9 Å². The summed E-state index contributed by atoms with van der Waals surface area (Å²) in [7, 11) is 0. The maximum atomic E-state index is 10.8.